The normalized spacial score (nSPS) is 11.5. The Morgan fingerprint density at radius 1 is 1.06 bits per heavy atom. The van der Waals surface area contributed by atoms with Gasteiger partial charge in [-0.25, -0.2) is 8.42 Å². The third-order valence-corrected chi connectivity index (χ3v) is 6.61. The zero-order valence-electron chi connectivity index (χ0n) is 18.0. The van der Waals surface area contributed by atoms with Crippen LogP contribution < -0.4 is 5.32 Å². The van der Waals surface area contributed by atoms with E-state index in [0.717, 1.165) is 22.5 Å². The summed E-state index contributed by atoms with van der Waals surface area (Å²) < 4.78 is 31.2. The zero-order chi connectivity index (χ0) is 22.4. The zero-order valence-corrected chi connectivity index (χ0v) is 18.8. The molecule has 1 aromatic heterocycles. The summed E-state index contributed by atoms with van der Waals surface area (Å²) in [6.07, 6.45) is 0. The van der Waals surface area contributed by atoms with Crippen molar-refractivity contribution in [3.8, 4) is 0 Å². The van der Waals surface area contributed by atoms with Crippen molar-refractivity contribution in [2.24, 2.45) is 0 Å². The first kappa shape index (κ1) is 22.7. The van der Waals surface area contributed by atoms with E-state index in [1.807, 2.05) is 48.9 Å². The molecular weight excluding hydrogens is 414 g/mol. The maximum Gasteiger partial charge on any atom is 0.251 e. The number of aromatic nitrogens is 2. The second-order valence-electron chi connectivity index (χ2n) is 7.42. The van der Waals surface area contributed by atoms with E-state index in [-0.39, 0.29) is 23.2 Å². The van der Waals surface area contributed by atoms with Gasteiger partial charge < -0.3 is 10.1 Å². The lowest BCUT2D eigenvalue weighted by Crippen LogP contribution is -2.23. The van der Waals surface area contributed by atoms with Crippen molar-refractivity contribution in [1.29, 1.82) is 0 Å². The molecule has 1 heterocycles. The molecule has 3 aromatic rings. The van der Waals surface area contributed by atoms with Crippen LogP contribution in [0.3, 0.4) is 0 Å². The van der Waals surface area contributed by atoms with Gasteiger partial charge in [-0.3, -0.25) is 9.48 Å². The number of carbonyl (C=O) groups excluding carboxylic acids is 1. The number of nitrogens with one attached hydrogen (secondary N) is 1. The maximum absolute atomic E-state index is 12.5. The molecule has 1 amide bonds. The van der Waals surface area contributed by atoms with Crippen LogP contribution in [-0.4, -0.2) is 43.6 Å². The highest BCUT2D eigenvalue weighted by atomic mass is 32.2. The maximum atomic E-state index is 12.5. The average Bonchev–Trinajstić information content (AvgIpc) is 3.07. The van der Waals surface area contributed by atoms with Crippen molar-refractivity contribution in [2.75, 3.05) is 19.5 Å². The number of rotatable bonds is 9. The number of nitrogens with zero attached hydrogens (tertiary/aromatic N) is 2. The van der Waals surface area contributed by atoms with Crippen molar-refractivity contribution in [3.63, 3.8) is 0 Å². The van der Waals surface area contributed by atoms with Crippen molar-refractivity contribution < 1.29 is 17.9 Å². The summed E-state index contributed by atoms with van der Waals surface area (Å²) >= 11 is 0. The first-order valence-electron chi connectivity index (χ1n) is 9.97. The fraction of sp³-hybridized carbons (Fsp3) is 0.304. The Morgan fingerprint density at radius 2 is 1.77 bits per heavy atom. The van der Waals surface area contributed by atoms with Crippen molar-refractivity contribution >= 4 is 15.7 Å². The van der Waals surface area contributed by atoms with Crippen LogP contribution in [0.4, 0.5) is 0 Å². The van der Waals surface area contributed by atoms with E-state index in [9.17, 15) is 13.2 Å². The number of benzene rings is 2. The Labute approximate surface area is 183 Å². The number of aryl methyl sites for hydroxylation is 2. The highest BCUT2D eigenvalue weighted by Gasteiger charge is 2.15. The molecule has 31 heavy (non-hydrogen) atoms. The van der Waals surface area contributed by atoms with Gasteiger partial charge in [0.05, 0.1) is 29.5 Å². The molecule has 0 aliphatic heterocycles. The van der Waals surface area contributed by atoms with Gasteiger partial charge in [0.1, 0.15) is 0 Å². The largest absolute Gasteiger partial charge is 0.384 e. The average molecular weight is 442 g/mol. The predicted molar refractivity (Wildman–Crippen MR) is 119 cm³/mol. The first-order valence-corrected chi connectivity index (χ1v) is 11.6. The van der Waals surface area contributed by atoms with Crippen LogP contribution in [0.5, 0.6) is 0 Å². The number of sulfone groups is 1. The lowest BCUT2D eigenvalue weighted by molar-refractivity contribution is 0.0951. The van der Waals surface area contributed by atoms with Crippen LogP contribution in [0.2, 0.25) is 0 Å². The van der Waals surface area contributed by atoms with Gasteiger partial charge in [0, 0.05) is 24.9 Å². The molecule has 164 valence electrons. The molecule has 0 radical (unpaired) electrons. The first-order chi connectivity index (χ1) is 14.8. The molecule has 2 aromatic carbocycles. The van der Waals surface area contributed by atoms with Crippen LogP contribution in [0, 0.1) is 13.8 Å². The topological polar surface area (TPSA) is 90.3 Å². The monoisotopic (exact) mass is 441 g/mol. The summed E-state index contributed by atoms with van der Waals surface area (Å²) in [6.45, 7) is 5.16. The molecule has 1 N–H and O–H groups in total. The summed E-state index contributed by atoms with van der Waals surface area (Å²) in [5.41, 5.74) is 4.57. The van der Waals surface area contributed by atoms with E-state index in [4.69, 9.17) is 4.74 Å². The molecule has 0 saturated carbocycles. The number of hydrogen-bond donors (Lipinski definition) is 1. The minimum absolute atomic E-state index is 0.0942. The van der Waals surface area contributed by atoms with Crippen LogP contribution >= 0.6 is 0 Å². The molecule has 0 spiro atoms. The predicted octanol–water partition coefficient (Wildman–Crippen LogP) is 2.90. The summed E-state index contributed by atoms with van der Waals surface area (Å²) in [4.78, 5) is 12.7. The van der Waals surface area contributed by atoms with Gasteiger partial charge in [-0.05, 0) is 55.3 Å². The molecule has 0 aliphatic carbocycles. The van der Waals surface area contributed by atoms with E-state index < -0.39 is 9.84 Å². The minimum Gasteiger partial charge on any atom is -0.384 e. The lowest BCUT2D eigenvalue weighted by atomic mass is 10.1. The highest BCUT2D eigenvalue weighted by Crippen LogP contribution is 2.14. The highest BCUT2D eigenvalue weighted by molar-refractivity contribution is 7.91. The fourth-order valence-electron chi connectivity index (χ4n) is 3.25. The molecule has 0 saturated heterocycles. The van der Waals surface area contributed by atoms with E-state index in [1.165, 1.54) is 31.4 Å². The second kappa shape index (κ2) is 9.89. The Kier molecular flexibility index (Phi) is 7.25. The number of amides is 1. The third kappa shape index (κ3) is 6.02. The lowest BCUT2D eigenvalue weighted by Gasteiger charge is -2.09. The van der Waals surface area contributed by atoms with E-state index in [0.29, 0.717) is 18.7 Å². The SMILES string of the molecule is COCCS(=O)(=O)c1ccc(C(=O)NCc2cccc(Cn3nc(C)cc3C)c2)cc1. The summed E-state index contributed by atoms with van der Waals surface area (Å²) in [5.74, 6) is -0.354. The summed E-state index contributed by atoms with van der Waals surface area (Å²) in [5, 5.41) is 7.37. The van der Waals surface area contributed by atoms with E-state index >= 15 is 0 Å². The number of carbonyl (C=O) groups is 1. The van der Waals surface area contributed by atoms with Gasteiger partial charge in [0.15, 0.2) is 9.84 Å². The van der Waals surface area contributed by atoms with Gasteiger partial charge in [-0.15, -0.1) is 0 Å². The van der Waals surface area contributed by atoms with Crippen LogP contribution in [0.25, 0.3) is 0 Å². The van der Waals surface area contributed by atoms with Gasteiger partial charge in [0.2, 0.25) is 0 Å². The molecule has 0 aliphatic rings. The van der Waals surface area contributed by atoms with Gasteiger partial charge in [0.25, 0.3) is 5.91 Å². The van der Waals surface area contributed by atoms with Crippen LogP contribution in [0.1, 0.15) is 32.9 Å². The molecule has 0 bridgehead atoms. The minimum atomic E-state index is -3.42. The Hall–Kier alpha value is -2.97. The quantitative estimate of drug-likeness (QED) is 0.551. The summed E-state index contributed by atoms with van der Waals surface area (Å²) in [6, 6.07) is 16.0. The van der Waals surface area contributed by atoms with Crippen LogP contribution in [-0.2, 0) is 27.7 Å². The molecule has 7 nitrogen and oxygen atoms in total. The van der Waals surface area contributed by atoms with Crippen molar-refractivity contribution in [3.05, 3.63) is 82.7 Å². The molecule has 0 fully saturated rings. The summed E-state index contributed by atoms with van der Waals surface area (Å²) in [7, 11) is -1.96. The Balaban J connectivity index is 1.61. The Bertz CT molecular complexity index is 1150. The Morgan fingerprint density at radius 3 is 2.42 bits per heavy atom. The molecule has 0 unspecified atom stereocenters. The fourth-order valence-corrected chi connectivity index (χ4v) is 4.43. The third-order valence-electron chi connectivity index (χ3n) is 4.91. The van der Waals surface area contributed by atoms with Gasteiger partial charge in [-0.2, -0.15) is 5.10 Å². The van der Waals surface area contributed by atoms with Gasteiger partial charge in [-0.1, -0.05) is 24.3 Å². The van der Waals surface area contributed by atoms with Crippen LogP contribution in [0.15, 0.2) is 59.5 Å². The molecule has 3 rings (SSSR count). The standard InChI is InChI=1S/C23H27N3O4S/c1-17-13-18(2)26(25-17)16-20-6-4-5-19(14-20)15-24-23(27)21-7-9-22(10-8-21)31(28,29)12-11-30-3/h4-10,13-14H,11-12,15-16H2,1-3H3,(H,24,27). The number of hydrogen-bond acceptors (Lipinski definition) is 5. The molecule has 8 heteroatoms. The van der Waals surface area contributed by atoms with E-state index in [2.05, 4.69) is 10.4 Å². The molecular formula is C23H27N3O4S. The van der Waals surface area contributed by atoms with E-state index in [1.54, 1.807) is 0 Å². The number of ether oxygens (including phenoxy) is 1. The van der Waals surface area contributed by atoms with Gasteiger partial charge >= 0.3 is 0 Å². The second-order valence-corrected chi connectivity index (χ2v) is 9.53. The molecule has 0 atom stereocenters. The van der Waals surface area contributed by atoms with Crippen molar-refractivity contribution in [2.45, 2.75) is 31.8 Å². The number of methoxy groups -OCH3 is 1. The smallest absolute Gasteiger partial charge is 0.251 e. The van der Waals surface area contributed by atoms with Crippen molar-refractivity contribution in [1.82, 2.24) is 15.1 Å².